The van der Waals surface area contributed by atoms with Crippen LogP contribution >= 0.6 is 0 Å². The van der Waals surface area contributed by atoms with Crippen molar-refractivity contribution in [3.8, 4) is 0 Å². The summed E-state index contributed by atoms with van der Waals surface area (Å²) in [5.74, 6) is -0.902. The van der Waals surface area contributed by atoms with Crippen LogP contribution in [0.5, 0.6) is 0 Å². The van der Waals surface area contributed by atoms with Crippen molar-refractivity contribution in [1.82, 2.24) is 0 Å². The van der Waals surface area contributed by atoms with Crippen molar-refractivity contribution in [3.63, 3.8) is 0 Å². The third kappa shape index (κ3) is 3.06. The highest BCUT2D eigenvalue weighted by atomic mass is 16.5. The minimum absolute atomic E-state index is 0.338. The van der Waals surface area contributed by atoms with E-state index >= 15 is 0 Å². The highest BCUT2D eigenvalue weighted by Crippen LogP contribution is 2.22. The largest absolute Gasteiger partial charge is 0.466 e. The van der Waals surface area contributed by atoms with Gasteiger partial charge >= 0.3 is 5.97 Å². The van der Waals surface area contributed by atoms with Gasteiger partial charge in [0.2, 0.25) is 0 Å². The summed E-state index contributed by atoms with van der Waals surface area (Å²) in [6.07, 6.45) is -0.801. The molecule has 0 bridgehead atoms. The Morgan fingerprint density at radius 1 is 1.40 bits per heavy atom. The van der Waals surface area contributed by atoms with E-state index in [9.17, 15) is 9.90 Å². The highest BCUT2D eigenvalue weighted by Gasteiger charge is 2.24. The van der Waals surface area contributed by atoms with E-state index < -0.39 is 12.0 Å². The Bertz CT molecular complexity index is 308. The van der Waals surface area contributed by atoms with Gasteiger partial charge in [-0.3, -0.25) is 4.79 Å². The normalized spacial score (nSPS) is 14.3. The summed E-state index contributed by atoms with van der Waals surface area (Å²) in [4.78, 5) is 11.4. The van der Waals surface area contributed by atoms with Crippen LogP contribution in [0.1, 0.15) is 25.5 Å². The average Bonchev–Trinajstić information content (AvgIpc) is 2.28. The number of hydrogen-bond acceptors (Lipinski definition) is 3. The number of rotatable bonds is 4. The molecule has 0 aromatic heterocycles. The van der Waals surface area contributed by atoms with Crippen molar-refractivity contribution in [2.45, 2.75) is 20.0 Å². The standard InChI is InChI=1S/C12H16O3/c1-3-15-12(14)9(2)11(13)10-7-5-4-6-8-10/h4-9,11,13H,3H2,1-2H3/t9-,11+/m1/s1. The zero-order valence-electron chi connectivity index (χ0n) is 9.01. The van der Waals surface area contributed by atoms with E-state index in [0.717, 1.165) is 5.56 Å². The van der Waals surface area contributed by atoms with Gasteiger partial charge in [0.1, 0.15) is 0 Å². The molecule has 1 N–H and O–H groups in total. The quantitative estimate of drug-likeness (QED) is 0.769. The Kier molecular flexibility index (Phi) is 4.31. The highest BCUT2D eigenvalue weighted by molar-refractivity contribution is 5.72. The van der Waals surface area contributed by atoms with E-state index in [-0.39, 0.29) is 5.97 Å². The molecule has 3 heteroatoms. The van der Waals surface area contributed by atoms with Gasteiger partial charge in [-0.1, -0.05) is 30.3 Å². The Balaban J connectivity index is 2.68. The Morgan fingerprint density at radius 3 is 2.53 bits per heavy atom. The number of aliphatic hydroxyl groups is 1. The van der Waals surface area contributed by atoms with Crippen LogP contribution in [-0.4, -0.2) is 17.7 Å². The van der Waals surface area contributed by atoms with Crippen LogP contribution < -0.4 is 0 Å². The molecular formula is C12H16O3. The number of aliphatic hydroxyl groups excluding tert-OH is 1. The van der Waals surface area contributed by atoms with E-state index in [2.05, 4.69) is 0 Å². The molecule has 1 aromatic carbocycles. The van der Waals surface area contributed by atoms with Gasteiger partial charge in [-0.2, -0.15) is 0 Å². The van der Waals surface area contributed by atoms with Gasteiger partial charge in [-0.15, -0.1) is 0 Å². The smallest absolute Gasteiger partial charge is 0.311 e. The first-order valence-electron chi connectivity index (χ1n) is 5.06. The zero-order valence-corrected chi connectivity index (χ0v) is 9.01. The first-order chi connectivity index (χ1) is 7.16. The van der Waals surface area contributed by atoms with E-state index in [0.29, 0.717) is 6.61 Å². The van der Waals surface area contributed by atoms with Gasteiger partial charge in [-0.05, 0) is 19.4 Å². The van der Waals surface area contributed by atoms with E-state index in [1.54, 1.807) is 26.0 Å². The lowest BCUT2D eigenvalue weighted by atomic mass is 9.98. The summed E-state index contributed by atoms with van der Waals surface area (Å²) in [6.45, 7) is 3.75. The minimum atomic E-state index is -0.801. The molecule has 0 spiro atoms. The molecule has 0 saturated carbocycles. The SMILES string of the molecule is CCOC(=O)[C@H](C)[C@H](O)c1ccccc1. The van der Waals surface area contributed by atoms with Gasteiger partial charge in [0.05, 0.1) is 18.6 Å². The first kappa shape index (κ1) is 11.7. The molecular weight excluding hydrogens is 192 g/mol. The molecule has 1 rings (SSSR count). The molecule has 3 nitrogen and oxygen atoms in total. The first-order valence-corrected chi connectivity index (χ1v) is 5.06. The maximum Gasteiger partial charge on any atom is 0.311 e. The predicted octanol–water partition coefficient (Wildman–Crippen LogP) is 1.92. The van der Waals surface area contributed by atoms with Gasteiger partial charge < -0.3 is 9.84 Å². The number of hydrogen-bond donors (Lipinski definition) is 1. The second-order valence-electron chi connectivity index (χ2n) is 3.40. The molecule has 0 unspecified atom stereocenters. The summed E-state index contributed by atoms with van der Waals surface area (Å²) in [6, 6.07) is 9.11. The van der Waals surface area contributed by atoms with Crippen LogP contribution in [0.25, 0.3) is 0 Å². The molecule has 1 aromatic rings. The van der Waals surface area contributed by atoms with E-state index in [1.165, 1.54) is 0 Å². The van der Waals surface area contributed by atoms with E-state index in [1.807, 2.05) is 18.2 Å². The lowest BCUT2D eigenvalue weighted by Gasteiger charge is -2.17. The molecule has 82 valence electrons. The Morgan fingerprint density at radius 2 is 2.00 bits per heavy atom. The zero-order chi connectivity index (χ0) is 11.3. The maximum absolute atomic E-state index is 11.4. The fourth-order valence-corrected chi connectivity index (χ4v) is 1.34. The van der Waals surface area contributed by atoms with Crippen LogP contribution in [0.4, 0.5) is 0 Å². The van der Waals surface area contributed by atoms with Crippen LogP contribution in [0, 0.1) is 5.92 Å². The number of benzene rings is 1. The summed E-state index contributed by atoms with van der Waals surface area (Å²) in [7, 11) is 0. The number of ether oxygens (including phenoxy) is 1. The monoisotopic (exact) mass is 208 g/mol. The topological polar surface area (TPSA) is 46.5 Å². The molecule has 0 heterocycles. The molecule has 0 fully saturated rings. The lowest BCUT2D eigenvalue weighted by Crippen LogP contribution is -2.21. The summed E-state index contributed by atoms with van der Waals surface area (Å²) < 4.78 is 4.85. The third-order valence-corrected chi connectivity index (χ3v) is 2.27. The third-order valence-electron chi connectivity index (χ3n) is 2.27. The fourth-order valence-electron chi connectivity index (χ4n) is 1.34. The second-order valence-corrected chi connectivity index (χ2v) is 3.40. The number of esters is 1. The van der Waals surface area contributed by atoms with Crippen molar-refractivity contribution in [1.29, 1.82) is 0 Å². The van der Waals surface area contributed by atoms with E-state index in [4.69, 9.17) is 4.74 Å². The summed E-state index contributed by atoms with van der Waals surface area (Å²) in [5, 5.41) is 9.89. The molecule has 0 amide bonds. The van der Waals surface area contributed by atoms with Crippen molar-refractivity contribution in [2.24, 2.45) is 5.92 Å². The molecule has 0 aliphatic heterocycles. The van der Waals surface area contributed by atoms with Crippen LogP contribution in [-0.2, 0) is 9.53 Å². The maximum atomic E-state index is 11.4. The van der Waals surface area contributed by atoms with Crippen LogP contribution in [0.3, 0.4) is 0 Å². The van der Waals surface area contributed by atoms with Gasteiger partial charge in [-0.25, -0.2) is 0 Å². The molecule has 15 heavy (non-hydrogen) atoms. The van der Waals surface area contributed by atoms with Crippen LogP contribution in [0.15, 0.2) is 30.3 Å². The van der Waals surface area contributed by atoms with Crippen LogP contribution in [0.2, 0.25) is 0 Å². The molecule has 0 radical (unpaired) electrons. The number of carbonyl (C=O) groups is 1. The van der Waals surface area contributed by atoms with Crippen molar-refractivity contribution >= 4 is 5.97 Å². The molecule has 2 atom stereocenters. The van der Waals surface area contributed by atoms with Crippen molar-refractivity contribution in [2.75, 3.05) is 6.61 Å². The van der Waals surface area contributed by atoms with Gasteiger partial charge in [0, 0.05) is 0 Å². The Labute approximate surface area is 89.7 Å². The van der Waals surface area contributed by atoms with Gasteiger partial charge in [0.15, 0.2) is 0 Å². The lowest BCUT2D eigenvalue weighted by molar-refractivity contribution is -0.151. The molecule has 0 aliphatic carbocycles. The second kappa shape index (κ2) is 5.51. The number of carbonyl (C=O) groups excluding carboxylic acids is 1. The molecule has 0 aliphatic rings. The fraction of sp³-hybridized carbons (Fsp3) is 0.417. The van der Waals surface area contributed by atoms with Crippen molar-refractivity contribution < 1.29 is 14.6 Å². The summed E-state index contributed by atoms with van der Waals surface area (Å²) in [5.41, 5.74) is 0.734. The van der Waals surface area contributed by atoms with Gasteiger partial charge in [0.25, 0.3) is 0 Å². The predicted molar refractivity (Wildman–Crippen MR) is 57.2 cm³/mol. The van der Waals surface area contributed by atoms with Crippen molar-refractivity contribution in [3.05, 3.63) is 35.9 Å². The summed E-state index contributed by atoms with van der Waals surface area (Å²) >= 11 is 0. The molecule has 0 saturated heterocycles. The Hall–Kier alpha value is -1.35. The average molecular weight is 208 g/mol. The minimum Gasteiger partial charge on any atom is -0.466 e.